The summed E-state index contributed by atoms with van der Waals surface area (Å²) in [5, 5.41) is 0. The first kappa shape index (κ1) is 7.65. The lowest BCUT2D eigenvalue weighted by molar-refractivity contribution is -0.108. The lowest BCUT2D eigenvalue weighted by atomic mass is 9.76. The molecule has 0 aromatic rings. The summed E-state index contributed by atoms with van der Waals surface area (Å²) in [5.74, 6) is 0. The molecule has 0 aromatic carbocycles. The third-order valence-corrected chi connectivity index (χ3v) is 0.486. The van der Waals surface area contributed by atoms with Crippen molar-refractivity contribution in [3.63, 3.8) is 0 Å². The molecule has 0 aliphatic rings. The Bertz CT molecular complexity index is 67.1. The highest BCUT2D eigenvalue weighted by molar-refractivity contribution is 6.48. The lowest BCUT2D eigenvalue weighted by Gasteiger charge is -2.01. The zero-order valence-electron chi connectivity index (χ0n) is 5.18. The molecule has 0 aliphatic heterocycles. The van der Waals surface area contributed by atoms with Crippen LogP contribution in [0.25, 0.3) is 0 Å². The van der Waals surface area contributed by atoms with Gasteiger partial charge in [-0.15, -0.1) is 0 Å². The Labute approximate surface area is 49.5 Å². The average Bonchev–Trinajstić information content (AvgIpc) is 1.66. The first-order valence-electron chi connectivity index (χ1n) is 2.59. The monoisotopic (exact) mass is 115 g/mol. The van der Waals surface area contributed by atoms with Crippen molar-refractivity contribution in [3.05, 3.63) is 0 Å². The smallest absolute Gasteiger partial charge is 0.315 e. The maximum absolute atomic E-state index is 9.64. The molecule has 46 valence electrons. The number of hydrogen-bond donors (Lipinski definition) is 1. The molecule has 0 unspecified atom stereocenters. The molecule has 0 aromatic heterocycles. The van der Waals surface area contributed by atoms with Crippen LogP contribution in [-0.4, -0.2) is 19.7 Å². The van der Waals surface area contributed by atoms with Gasteiger partial charge in [-0.3, -0.25) is 0 Å². The van der Waals surface area contributed by atoms with E-state index >= 15 is 0 Å². The number of aldehydes is 1. The molecule has 0 saturated carbocycles. The Balaban J connectivity index is 2.81. The SMILES string of the molecule is CB(C)ONCC=O. The first-order valence-corrected chi connectivity index (χ1v) is 2.59. The molecule has 0 bridgehead atoms. The molecule has 0 amide bonds. The second-order valence-electron chi connectivity index (χ2n) is 1.68. The highest BCUT2D eigenvalue weighted by Crippen LogP contribution is 1.74. The van der Waals surface area contributed by atoms with E-state index in [0.717, 1.165) is 6.29 Å². The van der Waals surface area contributed by atoms with Crippen LogP contribution in [0.2, 0.25) is 13.6 Å². The maximum Gasteiger partial charge on any atom is 0.315 e. The van der Waals surface area contributed by atoms with Gasteiger partial charge in [-0.2, -0.15) is 0 Å². The first-order chi connectivity index (χ1) is 3.77. The minimum absolute atomic E-state index is 0.134. The third kappa shape index (κ3) is 5.65. The van der Waals surface area contributed by atoms with E-state index in [1.807, 2.05) is 13.6 Å². The summed E-state index contributed by atoms with van der Waals surface area (Å²) in [7, 11) is 0. The molecule has 8 heavy (non-hydrogen) atoms. The number of hydroxylamine groups is 1. The summed E-state index contributed by atoms with van der Waals surface area (Å²) in [6.45, 7) is 4.17. The average molecular weight is 115 g/mol. The molecule has 0 radical (unpaired) electrons. The normalized spacial score (nSPS) is 8.75. The van der Waals surface area contributed by atoms with Gasteiger partial charge in [0.05, 0.1) is 6.54 Å². The largest absolute Gasteiger partial charge is 0.364 e. The van der Waals surface area contributed by atoms with Gasteiger partial charge >= 0.3 is 6.92 Å². The van der Waals surface area contributed by atoms with E-state index in [2.05, 4.69) is 5.48 Å². The van der Waals surface area contributed by atoms with Crippen molar-refractivity contribution >= 4 is 13.2 Å². The van der Waals surface area contributed by atoms with Crippen LogP contribution in [0.3, 0.4) is 0 Å². The molecule has 0 spiro atoms. The Kier molecular flexibility index (Phi) is 4.60. The molecule has 0 fully saturated rings. The summed E-state index contributed by atoms with van der Waals surface area (Å²) in [6, 6.07) is 0. The summed E-state index contributed by atoms with van der Waals surface area (Å²) < 4.78 is 4.80. The summed E-state index contributed by atoms with van der Waals surface area (Å²) in [4.78, 5) is 9.64. The van der Waals surface area contributed by atoms with Crippen molar-refractivity contribution in [2.24, 2.45) is 0 Å². The van der Waals surface area contributed by atoms with Gasteiger partial charge in [-0.1, -0.05) is 13.6 Å². The van der Waals surface area contributed by atoms with Gasteiger partial charge in [0.2, 0.25) is 0 Å². The van der Waals surface area contributed by atoms with Gasteiger partial charge < -0.3 is 9.55 Å². The predicted molar refractivity (Wildman–Crippen MR) is 32.6 cm³/mol. The highest BCUT2D eigenvalue weighted by atomic mass is 16.6. The van der Waals surface area contributed by atoms with Crippen molar-refractivity contribution in [3.8, 4) is 0 Å². The van der Waals surface area contributed by atoms with Gasteiger partial charge in [0.25, 0.3) is 0 Å². The molecule has 0 rings (SSSR count). The molecule has 0 aliphatic carbocycles. The number of hydrogen-bond acceptors (Lipinski definition) is 3. The Morgan fingerprint density at radius 1 is 1.75 bits per heavy atom. The van der Waals surface area contributed by atoms with E-state index < -0.39 is 0 Å². The summed E-state index contributed by atoms with van der Waals surface area (Å²) >= 11 is 0. The predicted octanol–water partition coefficient (Wildman–Crippen LogP) is -0.0424. The minimum Gasteiger partial charge on any atom is -0.364 e. The zero-order chi connectivity index (χ0) is 6.41. The summed E-state index contributed by atoms with van der Waals surface area (Å²) in [6.07, 6.45) is 0.752. The fourth-order valence-electron chi connectivity index (χ4n) is 0.249. The molecule has 4 heteroatoms. The van der Waals surface area contributed by atoms with Crippen LogP contribution < -0.4 is 5.48 Å². The van der Waals surface area contributed by atoms with Crippen molar-refractivity contribution in [1.29, 1.82) is 0 Å². The van der Waals surface area contributed by atoms with E-state index in [1.54, 1.807) is 0 Å². The van der Waals surface area contributed by atoms with Gasteiger partial charge in [0.15, 0.2) is 0 Å². The lowest BCUT2D eigenvalue weighted by Crippen LogP contribution is -2.23. The van der Waals surface area contributed by atoms with Gasteiger partial charge in [0.1, 0.15) is 6.29 Å². The summed E-state index contributed by atoms with van der Waals surface area (Å²) in [5.41, 5.74) is 2.47. The van der Waals surface area contributed by atoms with Crippen molar-refractivity contribution in [2.45, 2.75) is 13.6 Å². The third-order valence-electron chi connectivity index (χ3n) is 0.486. The van der Waals surface area contributed by atoms with Gasteiger partial charge in [-0.05, 0) is 0 Å². The Morgan fingerprint density at radius 2 is 2.38 bits per heavy atom. The molecule has 0 saturated heterocycles. The Morgan fingerprint density at radius 3 is 2.75 bits per heavy atom. The molecule has 0 atom stereocenters. The van der Waals surface area contributed by atoms with Crippen LogP contribution in [0.4, 0.5) is 0 Å². The quantitative estimate of drug-likeness (QED) is 0.241. The fourth-order valence-corrected chi connectivity index (χ4v) is 0.249. The van der Waals surface area contributed by atoms with Crippen LogP contribution in [-0.2, 0) is 9.55 Å². The van der Waals surface area contributed by atoms with E-state index in [9.17, 15) is 4.79 Å². The number of carbonyl (C=O) groups excluding carboxylic acids is 1. The van der Waals surface area contributed by atoms with Crippen LogP contribution >= 0.6 is 0 Å². The number of nitrogens with one attached hydrogen (secondary N) is 1. The van der Waals surface area contributed by atoms with Crippen LogP contribution in [0.1, 0.15) is 0 Å². The maximum atomic E-state index is 9.64. The van der Waals surface area contributed by atoms with E-state index in [0.29, 0.717) is 0 Å². The standard InChI is InChI=1S/C4H10BNO2/c1-5(2)8-6-3-4-7/h4,6H,3H2,1-2H3. The van der Waals surface area contributed by atoms with Gasteiger partial charge in [-0.25, -0.2) is 5.48 Å². The molecular formula is C4H10BNO2. The second-order valence-corrected chi connectivity index (χ2v) is 1.68. The minimum atomic E-state index is 0.134. The number of carbonyl (C=O) groups is 1. The van der Waals surface area contributed by atoms with E-state index in [4.69, 9.17) is 4.76 Å². The van der Waals surface area contributed by atoms with E-state index in [1.165, 1.54) is 0 Å². The highest BCUT2D eigenvalue weighted by Gasteiger charge is 1.95. The van der Waals surface area contributed by atoms with Crippen molar-refractivity contribution in [1.82, 2.24) is 5.48 Å². The van der Waals surface area contributed by atoms with Gasteiger partial charge in [0, 0.05) is 0 Å². The van der Waals surface area contributed by atoms with E-state index in [-0.39, 0.29) is 13.5 Å². The zero-order valence-corrected chi connectivity index (χ0v) is 5.18. The molecule has 3 nitrogen and oxygen atoms in total. The van der Waals surface area contributed by atoms with Crippen molar-refractivity contribution < 1.29 is 9.55 Å². The van der Waals surface area contributed by atoms with Crippen molar-refractivity contribution in [2.75, 3.05) is 6.54 Å². The van der Waals surface area contributed by atoms with Crippen LogP contribution in [0, 0.1) is 0 Å². The van der Waals surface area contributed by atoms with Crippen LogP contribution in [0.15, 0.2) is 0 Å². The van der Waals surface area contributed by atoms with Crippen LogP contribution in [0.5, 0.6) is 0 Å². The number of rotatable bonds is 4. The molecule has 1 N–H and O–H groups in total. The fraction of sp³-hybridized carbons (Fsp3) is 0.750. The topological polar surface area (TPSA) is 38.3 Å². The molecular weight excluding hydrogens is 105 g/mol. The Hall–Kier alpha value is -0.345. The second kappa shape index (κ2) is 4.81. The molecule has 0 heterocycles.